The Balaban J connectivity index is 1.32. The number of amides is 3. The summed E-state index contributed by atoms with van der Waals surface area (Å²) in [5.74, 6) is -1.72. The van der Waals surface area contributed by atoms with Crippen molar-refractivity contribution in [2.75, 3.05) is 41.7 Å². The van der Waals surface area contributed by atoms with E-state index in [2.05, 4.69) is 15.6 Å². The molecule has 2 aliphatic rings. The highest BCUT2D eigenvalue weighted by Crippen LogP contribution is 2.30. The largest absolute Gasteiger partial charge is 0.416 e. The molecule has 11 heteroatoms. The summed E-state index contributed by atoms with van der Waals surface area (Å²) in [6.45, 7) is 1.28. The summed E-state index contributed by atoms with van der Waals surface area (Å²) < 4.78 is 38.1. The minimum atomic E-state index is -4.39. The Labute approximate surface area is 175 Å². The number of hydrogen-bond donors (Lipinski definition) is 2. The third-order valence-electron chi connectivity index (χ3n) is 5.15. The SMILES string of the molecule is O=C1Cc2ncc(NC(=O)C(=O)N3CCN(c4ccc(C(F)(F)F)cc4)CC3)cc2N1. The third kappa shape index (κ3) is 4.44. The predicted molar refractivity (Wildman–Crippen MR) is 105 cm³/mol. The lowest BCUT2D eigenvalue weighted by molar-refractivity contribution is -0.143. The van der Waals surface area contributed by atoms with Crippen LogP contribution in [0.4, 0.5) is 30.2 Å². The number of anilines is 3. The van der Waals surface area contributed by atoms with E-state index in [0.717, 1.165) is 12.1 Å². The van der Waals surface area contributed by atoms with Gasteiger partial charge in [-0.3, -0.25) is 19.4 Å². The monoisotopic (exact) mass is 433 g/mol. The molecule has 0 aliphatic carbocycles. The van der Waals surface area contributed by atoms with Crippen LogP contribution in [0.15, 0.2) is 36.5 Å². The van der Waals surface area contributed by atoms with E-state index in [0.29, 0.717) is 35.8 Å². The highest BCUT2D eigenvalue weighted by atomic mass is 19.4. The molecular formula is C20H18F3N5O3. The standard InChI is InChI=1S/C20H18F3N5O3/c21-20(22,23)12-1-3-14(4-2-12)27-5-7-28(8-6-27)19(31)18(30)25-13-9-16-15(24-11-13)10-17(29)26-16/h1-4,9,11H,5-8,10H2,(H,25,30)(H,26,29). The van der Waals surface area contributed by atoms with Crippen molar-refractivity contribution < 1.29 is 27.6 Å². The maximum atomic E-state index is 12.7. The maximum absolute atomic E-state index is 12.7. The molecule has 0 spiro atoms. The number of fused-ring (bicyclic) bond motifs is 1. The molecule has 3 amide bonds. The quantitative estimate of drug-likeness (QED) is 0.706. The van der Waals surface area contributed by atoms with E-state index < -0.39 is 23.6 Å². The first kappa shape index (κ1) is 20.6. The van der Waals surface area contributed by atoms with Gasteiger partial charge in [-0.1, -0.05) is 0 Å². The fourth-order valence-electron chi connectivity index (χ4n) is 3.51. The van der Waals surface area contributed by atoms with Gasteiger partial charge in [0.05, 0.1) is 35.2 Å². The molecule has 162 valence electrons. The Morgan fingerprint density at radius 2 is 1.74 bits per heavy atom. The van der Waals surface area contributed by atoms with E-state index in [1.165, 1.54) is 23.2 Å². The number of carbonyl (C=O) groups is 3. The summed E-state index contributed by atoms with van der Waals surface area (Å²) in [5, 5.41) is 5.10. The smallest absolute Gasteiger partial charge is 0.368 e. The number of nitrogens with zero attached hydrogens (tertiary/aromatic N) is 3. The Morgan fingerprint density at radius 1 is 1.06 bits per heavy atom. The van der Waals surface area contributed by atoms with Gasteiger partial charge in [-0.2, -0.15) is 13.2 Å². The van der Waals surface area contributed by atoms with E-state index in [1.54, 1.807) is 6.07 Å². The van der Waals surface area contributed by atoms with Crippen molar-refractivity contribution in [1.82, 2.24) is 9.88 Å². The average molecular weight is 433 g/mol. The van der Waals surface area contributed by atoms with Crippen molar-refractivity contribution in [2.24, 2.45) is 0 Å². The molecule has 2 aromatic rings. The Morgan fingerprint density at radius 3 is 2.39 bits per heavy atom. The molecule has 1 fully saturated rings. The first-order valence-corrected chi connectivity index (χ1v) is 9.52. The van der Waals surface area contributed by atoms with Gasteiger partial charge in [-0.25, -0.2) is 0 Å². The third-order valence-corrected chi connectivity index (χ3v) is 5.15. The Hall–Kier alpha value is -3.63. The van der Waals surface area contributed by atoms with Gasteiger partial charge >= 0.3 is 18.0 Å². The van der Waals surface area contributed by atoms with Crippen molar-refractivity contribution >= 4 is 34.8 Å². The fourth-order valence-corrected chi connectivity index (χ4v) is 3.51. The van der Waals surface area contributed by atoms with E-state index in [-0.39, 0.29) is 25.4 Å². The minimum Gasteiger partial charge on any atom is -0.368 e. The van der Waals surface area contributed by atoms with Crippen LogP contribution in [-0.2, 0) is 27.0 Å². The number of alkyl halides is 3. The molecular weight excluding hydrogens is 415 g/mol. The van der Waals surface area contributed by atoms with Crippen molar-refractivity contribution in [1.29, 1.82) is 0 Å². The zero-order valence-electron chi connectivity index (χ0n) is 16.2. The average Bonchev–Trinajstić information content (AvgIpc) is 3.12. The summed E-state index contributed by atoms with van der Waals surface area (Å²) in [6, 6.07) is 6.38. The van der Waals surface area contributed by atoms with E-state index in [9.17, 15) is 27.6 Å². The fraction of sp³-hybridized carbons (Fsp3) is 0.300. The van der Waals surface area contributed by atoms with Crippen LogP contribution in [0.25, 0.3) is 0 Å². The number of pyridine rings is 1. The second kappa shape index (κ2) is 7.89. The zero-order chi connectivity index (χ0) is 22.2. The molecule has 0 atom stereocenters. The summed E-state index contributed by atoms with van der Waals surface area (Å²) in [5.41, 5.74) is 1.27. The maximum Gasteiger partial charge on any atom is 0.416 e. The van der Waals surface area contributed by atoms with Crippen molar-refractivity contribution in [2.45, 2.75) is 12.6 Å². The summed E-state index contributed by atoms with van der Waals surface area (Å²) in [6.07, 6.45) is -2.84. The van der Waals surface area contributed by atoms with Gasteiger partial charge in [0.1, 0.15) is 0 Å². The number of carbonyl (C=O) groups excluding carboxylic acids is 3. The lowest BCUT2D eigenvalue weighted by Crippen LogP contribution is -2.51. The highest BCUT2D eigenvalue weighted by Gasteiger charge is 2.31. The van der Waals surface area contributed by atoms with Crippen molar-refractivity contribution in [3.8, 4) is 0 Å². The van der Waals surface area contributed by atoms with Gasteiger partial charge < -0.3 is 20.4 Å². The van der Waals surface area contributed by atoms with Gasteiger partial charge in [0.15, 0.2) is 0 Å². The molecule has 3 heterocycles. The molecule has 1 aromatic heterocycles. The van der Waals surface area contributed by atoms with Crippen LogP contribution in [0.5, 0.6) is 0 Å². The van der Waals surface area contributed by atoms with Crippen LogP contribution in [-0.4, -0.2) is 53.8 Å². The normalized spacial score (nSPS) is 16.0. The van der Waals surface area contributed by atoms with Gasteiger partial charge in [0.25, 0.3) is 0 Å². The molecule has 0 saturated carbocycles. The number of rotatable bonds is 2. The predicted octanol–water partition coefficient (Wildman–Crippen LogP) is 1.88. The molecule has 0 bridgehead atoms. The van der Waals surface area contributed by atoms with Crippen LogP contribution in [0.3, 0.4) is 0 Å². The van der Waals surface area contributed by atoms with Crippen molar-refractivity contribution in [3.05, 3.63) is 47.8 Å². The van der Waals surface area contributed by atoms with Crippen LogP contribution in [0, 0.1) is 0 Å². The minimum absolute atomic E-state index is 0.172. The molecule has 31 heavy (non-hydrogen) atoms. The Kier molecular flexibility index (Phi) is 5.25. The summed E-state index contributed by atoms with van der Waals surface area (Å²) in [7, 11) is 0. The Bertz CT molecular complexity index is 1030. The summed E-state index contributed by atoms with van der Waals surface area (Å²) >= 11 is 0. The van der Waals surface area contributed by atoms with Gasteiger partial charge in [-0.15, -0.1) is 0 Å². The highest BCUT2D eigenvalue weighted by molar-refractivity contribution is 6.39. The molecule has 2 aliphatic heterocycles. The molecule has 1 saturated heterocycles. The van der Waals surface area contributed by atoms with Gasteiger partial charge in [-0.05, 0) is 30.3 Å². The molecule has 1 aromatic carbocycles. The molecule has 0 radical (unpaired) electrons. The molecule has 4 rings (SSSR count). The van der Waals surface area contributed by atoms with Crippen molar-refractivity contribution in [3.63, 3.8) is 0 Å². The number of hydrogen-bond acceptors (Lipinski definition) is 5. The summed E-state index contributed by atoms with van der Waals surface area (Å²) in [4.78, 5) is 43.5. The second-order valence-corrected chi connectivity index (χ2v) is 7.22. The lowest BCUT2D eigenvalue weighted by Gasteiger charge is -2.35. The zero-order valence-corrected chi connectivity index (χ0v) is 16.2. The number of benzene rings is 1. The first-order chi connectivity index (χ1) is 14.7. The number of halogens is 3. The number of aromatic nitrogens is 1. The first-order valence-electron chi connectivity index (χ1n) is 9.52. The van der Waals surface area contributed by atoms with Crippen LogP contribution in [0.1, 0.15) is 11.3 Å². The topological polar surface area (TPSA) is 94.6 Å². The van der Waals surface area contributed by atoms with Crippen LogP contribution >= 0.6 is 0 Å². The molecule has 8 nitrogen and oxygen atoms in total. The molecule has 2 N–H and O–H groups in total. The number of piperazine rings is 1. The van der Waals surface area contributed by atoms with E-state index in [4.69, 9.17) is 0 Å². The second-order valence-electron chi connectivity index (χ2n) is 7.22. The van der Waals surface area contributed by atoms with Crippen LogP contribution in [0.2, 0.25) is 0 Å². The van der Waals surface area contributed by atoms with Gasteiger partial charge in [0.2, 0.25) is 5.91 Å². The lowest BCUT2D eigenvalue weighted by atomic mass is 10.1. The van der Waals surface area contributed by atoms with E-state index in [1.807, 2.05) is 4.90 Å². The van der Waals surface area contributed by atoms with Crippen LogP contribution < -0.4 is 15.5 Å². The van der Waals surface area contributed by atoms with Gasteiger partial charge in [0, 0.05) is 31.9 Å². The molecule has 0 unspecified atom stereocenters. The van der Waals surface area contributed by atoms with E-state index >= 15 is 0 Å². The number of nitrogens with one attached hydrogen (secondary N) is 2.